The van der Waals surface area contributed by atoms with Gasteiger partial charge in [0.15, 0.2) is 0 Å². The molecular formula is C15H12F2N2O. The molecule has 3 nitrogen and oxygen atoms in total. The molecule has 0 radical (unpaired) electrons. The van der Waals surface area contributed by atoms with Gasteiger partial charge in [-0.3, -0.25) is 0 Å². The Bertz CT molecular complexity index is 665. The molecule has 102 valence electrons. The molecule has 2 rings (SSSR count). The molecule has 2 aromatic rings. The number of nitrogens with two attached hydrogens (primary N) is 1. The van der Waals surface area contributed by atoms with Crippen molar-refractivity contribution in [1.82, 2.24) is 0 Å². The van der Waals surface area contributed by atoms with E-state index in [0.29, 0.717) is 16.9 Å². The fourth-order valence-corrected chi connectivity index (χ4v) is 1.81. The van der Waals surface area contributed by atoms with Crippen molar-refractivity contribution in [2.45, 2.75) is 13.2 Å². The summed E-state index contributed by atoms with van der Waals surface area (Å²) >= 11 is 0. The minimum atomic E-state index is -0.499. The molecule has 20 heavy (non-hydrogen) atoms. The van der Waals surface area contributed by atoms with Crippen molar-refractivity contribution in [2.24, 2.45) is 5.73 Å². The van der Waals surface area contributed by atoms with Gasteiger partial charge < -0.3 is 10.5 Å². The van der Waals surface area contributed by atoms with Crippen LogP contribution in [0, 0.1) is 23.0 Å². The van der Waals surface area contributed by atoms with Crippen LogP contribution in [0.3, 0.4) is 0 Å². The fraction of sp³-hybridized carbons (Fsp3) is 0.133. The largest absolute Gasteiger partial charge is 0.489 e. The van der Waals surface area contributed by atoms with Gasteiger partial charge in [-0.05, 0) is 42.0 Å². The molecule has 0 fully saturated rings. The summed E-state index contributed by atoms with van der Waals surface area (Å²) < 4.78 is 31.8. The zero-order valence-corrected chi connectivity index (χ0v) is 10.6. The Balaban J connectivity index is 2.17. The van der Waals surface area contributed by atoms with E-state index in [9.17, 15) is 8.78 Å². The van der Waals surface area contributed by atoms with Gasteiger partial charge in [0.2, 0.25) is 0 Å². The minimum Gasteiger partial charge on any atom is -0.489 e. The molecule has 2 N–H and O–H groups in total. The third-order valence-electron chi connectivity index (χ3n) is 2.72. The predicted molar refractivity (Wildman–Crippen MR) is 69.7 cm³/mol. The van der Waals surface area contributed by atoms with Gasteiger partial charge in [0, 0.05) is 12.1 Å². The first kappa shape index (κ1) is 14.0. The SMILES string of the molecule is N#Cc1cc(F)cc(COc2ccc(F)cc2CN)c1. The van der Waals surface area contributed by atoms with Crippen molar-refractivity contribution >= 4 is 0 Å². The lowest BCUT2D eigenvalue weighted by Crippen LogP contribution is -2.03. The van der Waals surface area contributed by atoms with E-state index >= 15 is 0 Å². The molecule has 5 heteroatoms. The smallest absolute Gasteiger partial charge is 0.124 e. The van der Waals surface area contributed by atoms with Crippen molar-refractivity contribution in [1.29, 1.82) is 5.26 Å². The predicted octanol–water partition coefficient (Wildman–Crippen LogP) is 2.87. The van der Waals surface area contributed by atoms with Crippen LogP contribution in [0.25, 0.3) is 0 Å². The standard InChI is InChI=1S/C15H12F2N2O/c16-13-1-2-15(12(6-13)8-19)20-9-11-3-10(7-18)4-14(17)5-11/h1-6H,8-9,19H2. The van der Waals surface area contributed by atoms with E-state index in [1.165, 1.54) is 30.3 Å². The van der Waals surface area contributed by atoms with Gasteiger partial charge in [0.25, 0.3) is 0 Å². The van der Waals surface area contributed by atoms with Crippen LogP contribution < -0.4 is 10.5 Å². The Hall–Kier alpha value is -2.45. The van der Waals surface area contributed by atoms with E-state index < -0.39 is 11.6 Å². The van der Waals surface area contributed by atoms with Crippen molar-refractivity contribution in [3.63, 3.8) is 0 Å². The number of benzene rings is 2. The van der Waals surface area contributed by atoms with E-state index in [4.69, 9.17) is 15.7 Å². The van der Waals surface area contributed by atoms with Crippen LogP contribution in [0.5, 0.6) is 5.75 Å². The fourth-order valence-electron chi connectivity index (χ4n) is 1.81. The molecule has 0 saturated carbocycles. The molecule has 0 heterocycles. The van der Waals surface area contributed by atoms with Crippen LogP contribution in [0.1, 0.15) is 16.7 Å². The van der Waals surface area contributed by atoms with Gasteiger partial charge in [0.1, 0.15) is 24.0 Å². The second-order valence-electron chi connectivity index (χ2n) is 4.20. The number of hydrogen-bond acceptors (Lipinski definition) is 3. The number of hydrogen-bond donors (Lipinski definition) is 1. The maximum absolute atomic E-state index is 13.3. The van der Waals surface area contributed by atoms with Gasteiger partial charge in [-0.1, -0.05) is 0 Å². The summed E-state index contributed by atoms with van der Waals surface area (Å²) in [4.78, 5) is 0. The second kappa shape index (κ2) is 6.13. The highest BCUT2D eigenvalue weighted by Crippen LogP contribution is 2.21. The molecule has 0 saturated heterocycles. The Labute approximate surface area is 115 Å². The van der Waals surface area contributed by atoms with Crippen molar-refractivity contribution in [3.05, 3.63) is 64.7 Å². The summed E-state index contributed by atoms with van der Waals surface area (Å²) in [5, 5.41) is 8.77. The third kappa shape index (κ3) is 3.31. The van der Waals surface area contributed by atoms with Crippen LogP contribution in [-0.2, 0) is 13.2 Å². The van der Waals surface area contributed by atoms with Gasteiger partial charge >= 0.3 is 0 Å². The van der Waals surface area contributed by atoms with E-state index in [0.717, 1.165) is 6.07 Å². The first-order valence-electron chi connectivity index (χ1n) is 5.93. The normalized spacial score (nSPS) is 10.1. The van der Waals surface area contributed by atoms with Crippen LogP contribution >= 0.6 is 0 Å². The Morgan fingerprint density at radius 1 is 1.10 bits per heavy atom. The summed E-state index contributed by atoms with van der Waals surface area (Å²) in [7, 11) is 0. The molecular weight excluding hydrogens is 262 g/mol. The molecule has 0 amide bonds. The monoisotopic (exact) mass is 274 g/mol. The van der Waals surface area contributed by atoms with Gasteiger partial charge in [-0.25, -0.2) is 8.78 Å². The van der Waals surface area contributed by atoms with Gasteiger partial charge in [-0.15, -0.1) is 0 Å². The number of halogens is 2. The number of ether oxygens (including phenoxy) is 1. The average Bonchev–Trinajstić information content (AvgIpc) is 2.45. The Kier molecular flexibility index (Phi) is 4.28. The highest BCUT2D eigenvalue weighted by molar-refractivity contribution is 5.36. The quantitative estimate of drug-likeness (QED) is 0.932. The zero-order valence-electron chi connectivity index (χ0n) is 10.6. The van der Waals surface area contributed by atoms with Crippen LogP contribution in [0.2, 0.25) is 0 Å². The van der Waals surface area contributed by atoms with Crippen LogP contribution in [-0.4, -0.2) is 0 Å². The zero-order chi connectivity index (χ0) is 14.5. The molecule has 0 atom stereocenters. The van der Waals surface area contributed by atoms with E-state index in [2.05, 4.69) is 0 Å². The third-order valence-corrected chi connectivity index (χ3v) is 2.72. The van der Waals surface area contributed by atoms with Crippen LogP contribution in [0.4, 0.5) is 8.78 Å². The number of nitrogens with zero attached hydrogens (tertiary/aromatic N) is 1. The molecule has 2 aromatic carbocycles. The van der Waals surface area contributed by atoms with E-state index in [-0.39, 0.29) is 18.7 Å². The van der Waals surface area contributed by atoms with Crippen LogP contribution in [0.15, 0.2) is 36.4 Å². The Morgan fingerprint density at radius 3 is 2.60 bits per heavy atom. The van der Waals surface area contributed by atoms with E-state index in [1.807, 2.05) is 6.07 Å². The lowest BCUT2D eigenvalue weighted by molar-refractivity contribution is 0.302. The molecule has 0 bridgehead atoms. The maximum atomic E-state index is 13.3. The molecule has 0 aliphatic heterocycles. The number of nitriles is 1. The number of rotatable bonds is 4. The lowest BCUT2D eigenvalue weighted by atomic mass is 10.1. The molecule has 0 spiro atoms. The summed E-state index contributed by atoms with van der Waals surface area (Å²) in [5.74, 6) is -0.451. The Morgan fingerprint density at radius 2 is 1.90 bits per heavy atom. The summed E-state index contributed by atoms with van der Waals surface area (Å²) in [6.45, 7) is 0.213. The first-order chi connectivity index (χ1) is 9.62. The maximum Gasteiger partial charge on any atom is 0.124 e. The lowest BCUT2D eigenvalue weighted by Gasteiger charge is -2.10. The molecule has 0 aliphatic carbocycles. The van der Waals surface area contributed by atoms with Crippen molar-refractivity contribution < 1.29 is 13.5 Å². The summed E-state index contributed by atoms with van der Waals surface area (Å²) in [5.41, 5.74) is 6.78. The summed E-state index contributed by atoms with van der Waals surface area (Å²) in [6.07, 6.45) is 0. The highest BCUT2D eigenvalue weighted by atomic mass is 19.1. The van der Waals surface area contributed by atoms with E-state index in [1.54, 1.807) is 0 Å². The van der Waals surface area contributed by atoms with Gasteiger partial charge in [0.05, 0.1) is 11.6 Å². The second-order valence-corrected chi connectivity index (χ2v) is 4.20. The highest BCUT2D eigenvalue weighted by Gasteiger charge is 2.06. The molecule has 0 aliphatic rings. The van der Waals surface area contributed by atoms with Crippen molar-refractivity contribution in [2.75, 3.05) is 0 Å². The molecule has 0 unspecified atom stereocenters. The van der Waals surface area contributed by atoms with Crippen molar-refractivity contribution in [3.8, 4) is 11.8 Å². The minimum absolute atomic E-state index is 0.0745. The van der Waals surface area contributed by atoms with Gasteiger partial charge in [-0.2, -0.15) is 5.26 Å². The average molecular weight is 274 g/mol. The molecule has 0 aromatic heterocycles. The first-order valence-corrected chi connectivity index (χ1v) is 5.93. The topological polar surface area (TPSA) is 59.0 Å². The summed E-state index contributed by atoms with van der Waals surface area (Å²) in [6, 6.07) is 9.87.